The summed E-state index contributed by atoms with van der Waals surface area (Å²) >= 11 is 5.85. The summed E-state index contributed by atoms with van der Waals surface area (Å²) in [7, 11) is 0. The van der Waals surface area contributed by atoms with Crippen molar-refractivity contribution in [2.45, 2.75) is 19.8 Å². The first kappa shape index (κ1) is 18.6. The fraction of sp³-hybridized carbons (Fsp3) is 0.158. The topological polar surface area (TPSA) is 97.1 Å². The molecule has 0 aliphatic rings. The van der Waals surface area contributed by atoms with Crippen LogP contribution in [0.4, 0.5) is 0 Å². The van der Waals surface area contributed by atoms with Crippen LogP contribution in [0.25, 0.3) is 11.4 Å². The average Bonchev–Trinajstić information content (AvgIpc) is 3.14. The van der Waals surface area contributed by atoms with E-state index in [0.29, 0.717) is 22.3 Å². The molecule has 0 saturated heterocycles. The zero-order valence-electron chi connectivity index (χ0n) is 14.5. The van der Waals surface area contributed by atoms with E-state index in [1.54, 1.807) is 36.4 Å². The second-order valence-corrected chi connectivity index (χ2v) is 6.32. The number of aryl methyl sites for hydroxylation is 2. The summed E-state index contributed by atoms with van der Waals surface area (Å²) in [4.78, 5) is 28.1. The van der Waals surface area contributed by atoms with E-state index >= 15 is 0 Å². The number of benzene rings is 2. The molecule has 0 fully saturated rings. The number of hydrazine groups is 1. The number of aromatic nitrogens is 2. The molecule has 0 unspecified atom stereocenters. The van der Waals surface area contributed by atoms with Crippen molar-refractivity contribution in [1.82, 2.24) is 21.0 Å². The van der Waals surface area contributed by atoms with Crippen LogP contribution in [-0.4, -0.2) is 22.0 Å². The smallest absolute Gasteiger partial charge is 0.269 e. The van der Waals surface area contributed by atoms with Crippen LogP contribution in [0.2, 0.25) is 5.02 Å². The molecule has 0 spiro atoms. The highest BCUT2D eigenvalue weighted by atomic mass is 35.5. The Bertz CT molecular complexity index is 936. The quantitative estimate of drug-likeness (QED) is 0.659. The Hall–Kier alpha value is -3.19. The van der Waals surface area contributed by atoms with Crippen molar-refractivity contribution >= 4 is 23.4 Å². The van der Waals surface area contributed by atoms with Gasteiger partial charge in [-0.05, 0) is 43.3 Å². The van der Waals surface area contributed by atoms with Gasteiger partial charge in [0.1, 0.15) is 0 Å². The summed E-state index contributed by atoms with van der Waals surface area (Å²) in [5, 5.41) is 4.50. The lowest BCUT2D eigenvalue weighted by Crippen LogP contribution is -2.41. The molecule has 3 aromatic rings. The highest BCUT2D eigenvalue weighted by molar-refractivity contribution is 6.30. The van der Waals surface area contributed by atoms with E-state index in [-0.39, 0.29) is 24.7 Å². The van der Waals surface area contributed by atoms with E-state index in [1.165, 1.54) is 0 Å². The molecule has 27 heavy (non-hydrogen) atoms. The first-order valence-electron chi connectivity index (χ1n) is 8.25. The Labute approximate surface area is 160 Å². The molecule has 2 amide bonds. The number of halogens is 1. The summed E-state index contributed by atoms with van der Waals surface area (Å²) in [5.41, 5.74) is 7.02. The van der Waals surface area contributed by atoms with Gasteiger partial charge in [0.25, 0.3) is 5.91 Å². The third-order valence-corrected chi connectivity index (χ3v) is 4.02. The van der Waals surface area contributed by atoms with Crippen LogP contribution in [0.1, 0.15) is 28.2 Å². The molecule has 0 aliphatic carbocycles. The Morgan fingerprint density at radius 3 is 2.44 bits per heavy atom. The van der Waals surface area contributed by atoms with Crippen molar-refractivity contribution in [3.63, 3.8) is 0 Å². The molecule has 7 nitrogen and oxygen atoms in total. The fourth-order valence-corrected chi connectivity index (χ4v) is 2.39. The summed E-state index contributed by atoms with van der Waals surface area (Å²) in [6.45, 7) is 1.93. The van der Waals surface area contributed by atoms with Crippen LogP contribution in [0.15, 0.2) is 53.1 Å². The highest BCUT2D eigenvalue weighted by Crippen LogP contribution is 2.18. The number of carbonyl (C=O) groups is 2. The molecule has 0 saturated carbocycles. The lowest BCUT2D eigenvalue weighted by Gasteiger charge is -2.06. The maximum atomic E-state index is 11.9. The number of nitrogens with zero attached hydrogens (tertiary/aromatic N) is 2. The third-order valence-electron chi connectivity index (χ3n) is 3.77. The summed E-state index contributed by atoms with van der Waals surface area (Å²) in [5.74, 6) is 0.0163. The Morgan fingerprint density at radius 1 is 1.04 bits per heavy atom. The molecule has 1 aromatic heterocycles. The Morgan fingerprint density at radius 2 is 1.74 bits per heavy atom. The number of carbonyl (C=O) groups excluding carboxylic acids is 2. The molecule has 2 N–H and O–H groups in total. The summed E-state index contributed by atoms with van der Waals surface area (Å²) in [6, 6.07) is 14.1. The van der Waals surface area contributed by atoms with E-state index in [9.17, 15) is 9.59 Å². The maximum absolute atomic E-state index is 11.9. The van der Waals surface area contributed by atoms with E-state index in [2.05, 4.69) is 21.0 Å². The zero-order valence-corrected chi connectivity index (χ0v) is 15.3. The van der Waals surface area contributed by atoms with Crippen molar-refractivity contribution in [3.05, 3.63) is 70.6 Å². The first-order chi connectivity index (χ1) is 13.0. The van der Waals surface area contributed by atoms with E-state index in [4.69, 9.17) is 16.1 Å². The molecule has 8 heteroatoms. The second kappa shape index (κ2) is 8.46. The normalized spacial score (nSPS) is 10.4. The van der Waals surface area contributed by atoms with Gasteiger partial charge in [0.05, 0.1) is 0 Å². The van der Waals surface area contributed by atoms with Crippen molar-refractivity contribution < 1.29 is 14.1 Å². The van der Waals surface area contributed by atoms with E-state index in [1.807, 2.05) is 19.1 Å². The van der Waals surface area contributed by atoms with Crippen molar-refractivity contribution in [1.29, 1.82) is 0 Å². The maximum Gasteiger partial charge on any atom is 0.269 e. The summed E-state index contributed by atoms with van der Waals surface area (Å²) < 4.78 is 5.14. The van der Waals surface area contributed by atoms with Gasteiger partial charge < -0.3 is 4.52 Å². The van der Waals surface area contributed by atoms with Gasteiger partial charge in [-0.25, -0.2) is 0 Å². The largest absolute Gasteiger partial charge is 0.339 e. The number of hydrogen-bond donors (Lipinski definition) is 2. The minimum atomic E-state index is -0.383. The molecular weight excluding hydrogens is 368 g/mol. The minimum absolute atomic E-state index is 0.0937. The average molecular weight is 385 g/mol. The number of amides is 2. The predicted molar refractivity (Wildman–Crippen MR) is 99.9 cm³/mol. The third kappa shape index (κ3) is 5.15. The van der Waals surface area contributed by atoms with Crippen molar-refractivity contribution in [3.8, 4) is 11.4 Å². The number of nitrogens with one attached hydrogen (secondary N) is 2. The van der Waals surface area contributed by atoms with E-state index in [0.717, 1.165) is 11.1 Å². The van der Waals surface area contributed by atoms with Crippen molar-refractivity contribution in [2.75, 3.05) is 0 Å². The van der Waals surface area contributed by atoms with Crippen LogP contribution in [-0.2, 0) is 11.2 Å². The van der Waals surface area contributed by atoms with Gasteiger partial charge in [-0.2, -0.15) is 4.98 Å². The molecule has 0 atom stereocenters. The van der Waals surface area contributed by atoms with Gasteiger partial charge in [-0.1, -0.05) is 34.5 Å². The molecule has 0 aliphatic heterocycles. The van der Waals surface area contributed by atoms with Crippen LogP contribution < -0.4 is 10.9 Å². The lowest BCUT2D eigenvalue weighted by molar-refractivity contribution is -0.121. The van der Waals surface area contributed by atoms with Gasteiger partial charge >= 0.3 is 0 Å². The standard InChI is InChI=1S/C19H17ClN4O3/c1-12-2-4-14(5-3-12)19(26)23-22-16(25)10-11-17-21-18(24-27-17)13-6-8-15(20)9-7-13/h2-9H,10-11H2,1H3,(H,22,25)(H,23,26). The molecular formula is C19H17ClN4O3. The molecule has 138 valence electrons. The monoisotopic (exact) mass is 384 g/mol. The van der Waals surface area contributed by atoms with Gasteiger partial charge in [-0.15, -0.1) is 0 Å². The van der Waals surface area contributed by atoms with Crippen LogP contribution >= 0.6 is 11.6 Å². The van der Waals surface area contributed by atoms with Crippen LogP contribution in [0.3, 0.4) is 0 Å². The molecule has 3 rings (SSSR count). The minimum Gasteiger partial charge on any atom is -0.339 e. The van der Waals surface area contributed by atoms with Gasteiger partial charge in [0.15, 0.2) is 0 Å². The van der Waals surface area contributed by atoms with Gasteiger partial charge in [-0.3, -0.25) is 20.4 Å². The Kier molecular flexibility index (Phi) is 5.83. The molecule has 0 bridgehead atoms. The first-order valence-corrected chi connectivity index (χ1v) is 8.63. The highest BCUT2D eigenvalue weighted by Gasteiger charge is 2.12. The Balaban J connectivity index is 1.47. The zero-order chi connectivity index (χ0) is 19.2. The number of hydrogen-bond acceptors (Lipinski definition) is 5. The van der Waals surface area contributed by atoms with Gasteiger partial charge in [0, 0.05) is 29.0 Å². The van der Waals surface area contributed by atoms with Crippen LogP contribution in [0.5, 0.6) is 0 Å². The SMILES string of the molecule is Cc1ccc(C(=O)NNC(=O)CCc2nc(-c3ccc(Cl)cc3)no2)cc1. The molecule has 1 heterocycles. The van der Waals surface area contributed by atoms with Crippen LogP contribution in [0, 0.1) is 6.92 Å². The molecule has 2 aromatic carbocycles. The van der Waals surface area contributed by atoms with Crippen molar-refractivity contribution in [2.24, 2.45) is 0 Å². The number of rotatable bonds is 5. The predicted octanol–water partition coefficient (Wildman–Crippen LogP) is 3.09. The molecule has 0 radical (unpaired) electrons. The fourth-order valence-electron chi connectivity index (χ4n) is 2.26. The second-order valence-electron chi connectivity index (χ2n) is 5.89. The lowest BCUT2D eigenvalue weighted by atomic mass is 10.1. The summed E-state index contributed by atoms with van der Waals surface area (Å²) in [6.07, 6.45) is 0.350. The van der Waals surface area contributed by atoms with E-state index < -0.39 is 0 Å². The van der Waals surface area contributed by atoms with Gasteiger partial charge in [0.2, 0.25) is 17.6 Å².